The second-order valence-electron chi connectivity index (χ2n) is 4.73. The van der Waals surface area contributed by atoms with Gasteiger partial charge >= 0.3 is 0 Å². The Hall–Kier alpha value is -1.85. The summed E-state index contributed by atoms with van der Waals surface area (Å²) in [6.45, 7) is 3.78. The van der Waals surface area contributed by atoms with Crippen LogP contribution in [-0.2, 0) is 4.57 Å². The molecule has 0 saturated carbocycles. The molecule has 0 saturated heterocycles. The molecule has 0 aromatic heterocycles. The maximum absolute atomic E-state index is 13.8. The van der Waals surface area contributed by atoms with Crippen LogP contribution in [0, 0.1) is 0 Å². The van der Waals surface area contributed by atoms with Crippen LogP contribution in [0.1, 0.15) is 12.8 Å². The minimum atomic E-state index is -2.93. The maximum atomic E-state index is 13.8. The lowest BCUT2D eigenvalue weighted by atomic mass is 10.3. The number of aliphatic hydroxyl groups excluding tert-OH is 1. The molecule has 0 heterocycles. The molecule has 1 N–H and O–H groups in total. The van der Waals surface area contributed by atoms with Crippen LogP contribution in [0.5, 0.6) is 0 Å². The molecule has 2 nitrogen and oxygen atoms in total. The van der Waals surface area contributed by atoms with Crippen LogP contribution in [0.25, 0.3) is 0 Å². The van der Waals surface area contributed by atoms with Crippen molar-refractivity contribution < 1.29 is 9.67 Å². The molecular formula is C18H19O2P. The average Bonchev–Trinajstić information content (AvgIpc) is 2.57. The average molecular weight is 298 g/mol. The predicted octanol–water partition coefficient (Wildman–Crippen LogP) is 3.44. The molecule has 108 valence electrons. The highest BCUT2D eigenvalue weighted by Gasteiger charge is 2.31. The molecule has 0 fully saturated rings. The lowest BCUT2D eigenvalue weighted by Gasteiger charge is -2.21. The van der Waals surface area contributed by atoms with Crippen molar-refractivity contribution in [3.05, 3.63) is 78.3 Å². The van der Waals surface area contributed by atoms with Crippen LogP contribution < -0.4 is 10.6 Å². The Morgan fingerprint density at radius 1 is 1.00 bits per heavy atom. The normalized spacial score (nSPS) is 10.9. The van der Waals surface area contributed by atoms with E-state index in [1.54, 1.807) is 0 Å². The Morgan fingerprint density at radius 2 is 1.48 bits per heavy atom. The number of benzene rings is 2. The van der Waals surface area contributed by atoms with E-state index >= 15 is 0 Å². The van der Waals surface area contributed by atoms with Crippen LogP contribution in [-0.4, -0.2) is 11.7 Å². The van der Waals surface area contributed by atoms with Gasteiger partial charge in [0.15, 0.2) is 7.14 Å². The van der Waals surface area contributed by atoms with Crippen molar-refractivity contribution in [3.8, 4) is 0 Å². The molecule has 21 heavy (non-hydrogen) atoms. The van der Waals surface area contributed by atoms with Gasteiger partial charge in [0.05, 0.1) is 0 Å². The summed E-state index contributed by atoms with van der Waals surface area (Å²) in [5.41, 5.74) is 2.87. The Kier molecular flexibility index (Phi) is 5.36. The fourth-order valence-corrected chi connectivity index (χ4v) is 5.14. The van der Waals surface area contributed by atoms with Crippen molar-refractivity contribution in [3.63, 3.8) is 0 Å². The van der Waals surface area contributed by atoms with Gasteiger partial charge in [0.25, 0.3) is 0 Å². The summed E-state index contributed by atoms with van der Waals surface area (Å²) in [4.78, 5) is 0. The first kappa shape index (κ1) is 15.5. The van der Waals surface area contributed by atoms with Gasteiger partial charge in [-0.15, -0.1) is 5.73 Å². The molecular weight excluding hydrogens is 279 g/mol. The fraction of sp³-hybridized carbons (Fsp3) is 0.167. The third-order valence-electron chi connectivity index (χ3n) is 3.40. The van der Waals surface area contributed by atoms with Crippen molar-refractivity contribution in [2.75, 3.05) is 6.61 Å². The Balaban J connectivity index is 2.60. The Labute approximate surface area is 125 Å². The molecule has 0 amide bonds. The number of hydrogen-bond donors (Lipinski definition) is 1. The summed E-state index contributed by atoms with van der Waals surface area (Å²) >= 11 is 0. The van der Waals surface area contributed by atoms with E-state index in [-0.39, 0.29) is 6.61 Å². The first-order chi connectivity index (χ1) is 10.2. The molecule has 0 unspecified atom stereocenters. The van der Waals surface area contributed by atoms with Gasteiger partial charge in [-0.3, -0.25) is 0 Å². The monoisotopic (exact) mass is 298 g/mol. The van der Waals surface area contributed by atoms with Crippen LogP contribution in [0.15, 0.2) is 78.3 Å². The highest BCUT2D eigenvalue weighted by Crippen LogP contribution is 2.52. The largest absolute Gasteiger partial charge is 0.396 e. The fourth-order valence-electron chi connectivity index (χ4n) is 2.34. The number of allylic oxidation sites excluding steroid dienone is 1. The SMILES string of the molecule is C=C=C(CCCO)P(=O)(c1ccccc1)c1ccccc1. The Morgan fingerprint density at radius 3 is 1.86 bits per heavy atom. The smallest absolute Gasteiger partial charge is 0.174 e. The van der Waals surface area contributed by atoms with Gasteiger partial charge in [-0.2, -0.15) is 0 Å². The van der Waals surface area contributed by atoms with E-state index in [9.17, 15) is 4.57 Å². The topological polar surface area (TPSA) is 37.3 Å². The van der Waals surface area contributed by atoms with E-state index in [2.05, 4.69) is 12.3 Å². The highest BCUT2D eigenvalue weighted by atomic mass is 31.2. The van der Waals surface area contributed by atoms with E-state index in [0.29, 0.717) is 18.2 Å². The van der Waals surface area contributed by atoms with Gasteiger partial charge in [-0.05, 0) is 12.8 Å². The third kappa shape index (κ3) is 3.25. The molecule has 2 aromatic carbocycles. The molecule has 0 bridgehead atoms. The highest BCUT2D eigenvalue weighted by molar-refractivity contribution is 7.82. The lowest BCUT2D eigenvalue weighted by molar-refractivity contribution is 0.289. The Bertz CT molecular complexity index is 627. The zero-order chi connectivity index (χ0) is 15.1. The van der Waals surface area contributed by atoms with E-state index < -0.39 is 7.14 Å². The summed E-state index contributed by atoms with van der Waals surface area (Å²) < 4.78 is 13.8. The summed E-state index contributed by atoms with van der Waals surface area (Å²) in [5, 5.41) is 11.3. The first-order valence-corrected chi connectivity index (χ1v) is 8.65. The molecule has 2 aromatic rings. The van der Waals surface area contributed by atoms with Crippen LogP contribution >= 0.6 is 7.14 Å². The number of hydrogen-bond acceptors (Lipinski definition) is 2. The molecule has 0 aliphatic rings. The molecule has 2 rings (SSSR count). The minimum Gasteiger partial charge on any atom is -0.396 e. The summed E-state index contributed by atoms with van der Waals surface area (Å²) in [6, 6.07) is 18.9. The lowest BCUT2D eigenvalue weighted by Crippen LogP contribution is -2.17. The van der Waals surface area contributed by atoms with Gasteiger partial charge < -0.3 is 9.67 Å². The molecule has 0 aliphatic heterocycles. The van der Waals surface area contributed by atoms with Crippen molar-refractivity contribution in [2.24, 2.45) is 0 Å². The van der Waals surface area contributed by atoms with E-state index in [4.69, 9.17) is 5.11 Å². The van der Waals surface area contributed by atoms with Gasteiger partial charge in [0.1, 0.15) is 0 Å². The van der Waals surface area contributed by atoms with Gasteiger partial charge in [0, 0.05) is 22.5 Å². The summed E-state index contributed by atoms with van der Waals surface area (Å²) in [6.07, 6.45) is 1.09. The predicted molar refractivity (Wildman–Crippen MR) is 88.7 cm³/mol. The molecule has 0 aliphatic carbocycles. The van der Waals surface area contributed by atoms with E-state index in [1.807, 2.05) is 60.7 Å². The van der Waals surface area contributed by atoms with Crippen molar-refractivity contribution in [2.45, 2.75) is 12.8 Å². The second-order valence-corrected chi connectivity index (χ2v) is 7.52. The van der Waals surface area contributed by atoms with Crippen molar-refractivity contribution in [1.82, 2.24) is 0 Å². The van der Waals surface area contributed by atoms with Crippen LogP contribution in [0.4, 0.5) is 0 Å². The first-order valence-electron chi connectivity index (χ1n) is 6.95. The van der Waals surface area contributed by atoms with Crippen LogP contribution in [0.3, 0.4) is 0 Å². The zero-order valence-corrected chi connectivity index (χ0v) is 12.8. The standard InChI is InChI=1S/C18H19O2P/c1-2-16(14-9-15-19)21(20,17-10-5-3-6-11-17)18-12-7-4-8-13-18/h3-8,10-13,19H,1,9,14-15H2. The molecule has 3 heteroatoms. The van der Waals surface area contributed by atoms with Crippen molar-refractivity contribution >= 4 is 17.8 Å². The summed E-state index contributed by atoms with van der Waals surface area (Å²) in [5.74, 6) is 0. The molecule has 0 radical (unpaired) electrons. The van der Waals surface area contributed by atoms with E-state index in [0.717, 1.165) is 10.6 Å². The van der Waals surface area contributed by atoms with Crippen LogP contribution in [0.2, 0.25) is 0 Å². The summed E-state index contributed by atoms with van der Waals surface area (Å²) in [7, 11) is -2.93. The van der Waals surface area contributed by atoms with Gasteiger partial charge in [-0.25, -0.2) is 0 Å². The van der Waals surface area contributed by atoms with E-state index in [1.165, 1.54) is 0 Å². The van der Waals surface area contributed by atoms with Crippen molar-refractivity contribution in [1.29, 1.82) is 0 Å². The quantitative estimate of drug-likeness (QED) is 0.655. The number of rotatable bonds is 6. The second kappa shape index (κ2) is 7.24. The van der Waals surface area contributed by atoms with Gasteiger partial charge in [-0.1, -0.05) is 67.2 Å². The molecule has 0 atom stereocenters. The number of aliphatic hydroxyl groups is 1. The maximum Gasteiger partial charge on any atom is 0.174 e. The third-order valence-corrected chi connectivity index (χ3v) is 6.59. The zero-order valence-electron chi connectivity index (χ0n) is 11.9. The minimum absolute atomic E-state index is 0.0642. The van der Waals surface area contributed by atoms with Gasteiger partial charge in [0.2, 0.25) is 0 Å². The molecule has 0 spiro atoms.